The molecule has 1 aromatic rings. The third kappa shape index (κ3) is 4.05. The maximum atomic E-state index is 13.8. The van der Waals surface area contributed by atoms with Crippen LogP contribution in [-0.2, 0) is 4.74 Å². The van der Waals surface area contributed by atoms with Crippen LogP contribution in [0.4, 0.5) is 4.39 Å². The van der Waals surface area contributed by atoms with Gasteiger partial charge < -0.3 is 9.64 Å². The normalized spacial score (nSPS) is 16.0. The third-order valence-corrected chi connectivity index (χ3v) is 3.98. The molecule has 0 atom stereocenters. The van der Waals surface area contributed by atoms with Gasteiger partial charge in [0.05, 0.1) is 17.2 Å². The summed E-state index contributed by atoms with van der Waals surface area (Å²) < 4.78 is 19.2. The van der Waals surface area contributed by atoms with Gasteiger partial charge in [0.1, 0.15) is 5.82 Å². The first kappa shape index (κ1) is 16.0. The highest BCUT2D eigenvalue weighted by molar-refractivity contribution is 6.33. The van der Waals surface area contributed by atoms with Crippen molar-refractivity contribution in [3.63, 3.8) is 0 Å². The molecule has 1 heterocycles. The van der Waals surface area contributed by atoms with Crippen LogP contribution in [0.15, 0.2) is 30.9 Å². The molecule has 1 amide bonds. The molecule has 1 aliphatic rings. The monoisotopic (exact) mass is 311 g/mol. The van der Waals surface area contributed by atoms with Crippen molar-refractivity contribution >= 4 is 17.5 Å². The highest BCUT2D eigenvalue weighted by Gasteiger charge is 2.26. The molecular weight excluding hydrogens is 293 g/mol. The summed E-state index contributed by atoms with van der Waals surface area (Å²) >= 11 is 5.94. The van der Waals surface area contributed by atoms with Crippen molar-refractivity contribution in [2.45, 2.75) is 12.8 Å². The van der Waals surface area contributed by atoms with Crippen LogP contribution in [0.5, 0.6) is 0 Å². The number of hydrogen-bond donors (Lipinski definition) is 0. The Morgan fingerprint density at radius 3 is 2.81 bits per heavy atom. The van der Waals surface area contributed by atoms with Crippen LogP contribution in [-0.4, -0.2) is 37.1 Å². The third-order valence-electron chi connectivity index (χ3n) is 3.67. The fourth-order valence-electron chi connectivity index (χ4n) is 2.48. The molecule has 21 heavy (non-hydrogen) atoms. The number of amides is 1. The first-order valence-electron chi connectivity index (χ1n) is 7.05. The smallest absolute Gasteiger partial charge is 0.258 e. The topological polar surface area (TPSA) is 29.5 Å². The fourth-order valence-corrected chi connectivity index (χ4v) is 2.72. The molecule has 1 saturated heterocycles. The van der Waals surface area contributed by atoms with Gasteiger partial charge in [-0.15, -0.1) is 6.58 Å². The van der Waals surface area contributed by atoms with E-state index in [9.17, 15) is 9.18 Å². The Balaban J connectivity index is 1.93. The van der Waals surface area contributed by atoms with Crippen molar-refractivity contribution in [2.24, 2.45) is 5.92 Å². The summed E-state index contributed by atoms with van der Waals surface area (Å²) in [5, 5.41) is 0.163. The number of carbonyl (C=O) groups is 1. The van der Waals surface area contributed by atoms with E-state index in [1.165, 1.54) is 18.2 Å². The van der Waals surface area contributed by atoms with E-state index < -0.39 is 5.82 Å². The molecule has 0 aromatic heterocycles. The van der Waals surface area contributed by atoms with Gasteiger partial charge in [-0.3, -0.25) is 4.79 Å². The van der Waals surface area contributed by atoms with Gasteiger partial charge in [-0.05, 0) is 30.9 Å². The highest BCUT2D eigenvalue weighted by Crippen LogP contribution is 2.24. The van der Waals surface area contributed by atoms with E-state index in [0.29, 0.717) is 32.2 Å². The Kier molecular flexibility index (Phi) is 5.76. The molecule has 0 saturated carbocycles. The van der Waals surface area contributed by atoms with Gasteiger partial charge in [0.15, 0.2) is 0 Å². The second-order valence-corrected chi connectivity index (χ2v) is 5.57. The van der Waals surface area contributed by atoms with Crippen molar-refractivity contribution in [3.8, 4) is 0 Å². The number of benzene rings is 1. The van der Waals surface area contributed by atoms with Gasteiger partial charge in [-0.2, -0.15) is 0 Å². The minimum Gasteiger partial charge on any atom is -0.377 e. The number of ether oxygens (including phenoxy) is 1. The van der Waals surface area contributed by atoms with E-state index >= 15 is 0 Å². The molecule has 1 aliphatic heterocycles. The van der Waals surface area contributed by atoms with Gasteiger partial charge in [0.25, 0.3) is 5.91 Å². The zero-order valence-electron chi connectivity index (χ0n) is 11.9. The minimum atomic E-state index is -0.566. The summed E-state index contributed by atoms with van der Waals surface area (Å²) in [5.41, 5.74) is -0.0273. The van der Waals surface area contributed by atoms with Crippen molar-refractivity contribution in [3.05, 3.63) is 47.3 Å². The zero-order valence-corrected chi connectivity index (χ0v) is 12.6. The summed E-state index contributed by atoms with van der Waals surface area (Å²) in [5.74, 6) is -0.461. The summed E-state index contributed by atoms with van der Waals surface area (Å²) in [6, 6.07) is 4.29. The molecule has 1 aromatic carbocycles. The maximum absolute atomic E-state index is 13.8. The number of piperidine rings is 1. The van der Waals surface area contributed by atoms with Gasteiger partial charge in [-0.1, -0.05) is 23.7 Å². The van der Waals surface area contributed by atoms with Crippen LogP contribution in [0.1, 0.15) is 23.2 Å². The average Bonchev–Trinajstić information content (AvgIpc) is 2.48. The van der Waals surface area contributed by atoms with E-state index in [2.05, 4.69) is 6.58 Å². The average molecular weight is 312 g/mol. The van der Waals surface area contributed by atoms with Crippen LogP contribution >= 0.6 is 11.6 Å². The lowest BCUT2D eigenvalue weighted by Crippen LogP contribution is -2.39. The fraction of sp³-hybridized carbons (Fsp3) is 0.438. The first-order chi connectivity index (χ1) is 10.1. The van der Waals surface area contributed by atoms with Crippen LogP contribution in [0.25, 0.3) is 0 Å². The molecule has 3 nitrogen and oxygen atoms in total. The molecule has 1 fully saturated rings. The van der Waals surface area contributed by atoms with Crippen molar-refractivity contribution in [2.75, 3.05) is 26.3 Å². The Labute approximate surface area is 129 Å². The molecule has 5 heteroatoms. The lowest BCUT2D eigenvalue weighted by atomic mass is 9.97. The SMILES string of the molecule is C=CCOCC1CCN(C(=O)c2c(F)cccc2Cl)CC1. The van der Waals surface area contributed by atoms with E-state index in [1.807, 2.05) is 0 Å². The van der Waals surface area contributed by atoms with Gasteiger partial charge >= 0.3 is 0 Å². The van der Waals surface area contributed by atoms with E-state index in [-0.39, 0.29) is 16.5 Å². The predicted molar refractivity (Wildman–Crippen MR) is 81.1 cm³/mol. The Hall–Kier alpha value is -1.39. The summed E-state index contributed by atoms with van der Waals surface area (Å²) in [6.07, 6.45) is 3.43. The first-order valence-corrected chi connectivity index (χ1v) is 7.43. The predicted octanol–water partition coefficient (Wildman–Crippen LogP) is 3.53. The Morgan fingerprint density at radius 1 is 1.48 bits per heavy atom. The lowest BCUT2D eigenvalue weighted by Gasteiger charge is -2.32. The largest absolute Gasteiger partial charge is 0.377 e. The van der Waals surface area contributed by atoms with E-state index in [4.69, 9.17) is 16.3 Å². The Bertz CT molecular complexity index is 493. The zero-order chi connectivity index (χ0) is 15.2. The number of halogens is 2. The van der Waals surface area contributed by atoms with Crippen LogP contribution in [0.2, 0.25) is 5.02 Å². The molecule has 0 spiro atoms. The molecule has 114 valence electrons. The number of carbonyl (C=O) groups excluding carboxylic acids is 1. The molecule has 0 bridgehead atoms. The van der Waals surface area contributed by atoms with Crippen molar-refractivity contribution in [1.29, 1.82) is 0 Å². The maximum Gasteiger partial charge on any atom is 0.258 e. The second kappa shape index (κ2) is 7.57. The number of nitrogens with zero attached hydrogens (tertiary/aromatic N) is 1. The van der Waals surface area contributed by atoms with Crippen LogP contribution in [0.3, 0.4) is 0 Å². The van der Waals surface area contributed by atoms with Gasteiger partial charge in [0, 0.05) is 19.7 Å². The van der Waals surface area contributed by atoms with E-state index in [1.54, 1.807) is 11.0 Å². The van der Waals surface area contributed by atoms with Crippen LogP contribution < -0.4 is 0 Å². The van der Waals surface area contributed by atoms with Crippen molar-refractivity contribution in [1.82, 2.24) is 4.90 Å². The van der Waals surface area contributed by atoms with E-state index in [0.717, 1.165) is 12.8 Å². The minimum absolute atomic E-state index is 0.0273. The van der Waals surface area contributed by atoms with Gasteiger partial charge in [-0.25, -0.2) is 4.39 Å². The molecular formula is C16H19ClFNO2. The van der Waals surface area contributed by atoms with Crippen LogP contribution in [0, 0.1) is 11.7 Å². The van der Waals surface area contributed by atoms with Crippen molar-refractivity contribution < 1.29 is 13.9 Å². The molecule has 0 unspecified atom stereocenters. The highest BCUT2D eigenvalue weighted by atomic mass is 35.5. The number of likely N-dealkylation sites (tertiary alicyclic amines) is 1. The van der Waals surface area contributed by atoms with Gasteiger partial charge in [0.2, 0.25) is 0 Å². The lowest BCUT2D eigenvalue weighted by molar-refractivity contribution is 0.0572. The standard InChI is InChI=1S/C16H19ClFNO2/c1-2-10-21-11-12-6-8-19(9-7-12)16(20)15-13(17)4-3-5-14(15)18/h2-5,12H,1,6-11H2. The summed E-state index contributed by atoms with van der Waals surface area (Å²) in [6.45, 7) is 6.03. The summed E-state index contributed by atoms with van der Waals surface area (Å²) in [4.78, 5) is 14.0. The molecule has 0 N–H and O–H groups in total. The second-order valence-electron chi connectivity index (χ2n) is 5.16. The molecule has 0 radical (unpaired) electrons. The summed E-state index contributed by atoms with van der Waals surface area (Å²) in [7, 11) is 0. The molecule has 0 aliphatic carbocycles. The quantitative estimate of drug-likeness (QED) is 0.615. The molecule has 2 rings (SSSR count). The number of rotatable bonds is 5. The number of hydrogen-bond acceptors (Lipinski definition) is 2. The Morgan fingerprint density at radius 2 is 2.19 bits per heavy atom.